The molecule has 1 aliphatic carbocycles. The van der Waals surface area contributed by atoms with E-state index in [0.717, 1.165) is 6.54 Å². The minimum atomic E-state index is -2.92. The Kier molecular flexibility index (Phi) is 5.74. The summed E-state index contributed by atoms with van der Waals surface area (Å²) >= 11 is 6.03. The van der Waals surface area contributed by atoms with E-state index in [2.05, 4.69) is 5.32 Å². The molecule has 1 fully saturated rings. The zero-order chi connectivity index (χ0) is 12.9. The average Bonchev–Trinajstić information content (AvgIpc) is 2.74. The molecule has 1 saturated carbocycles. The molecule has 0 heterocycles. The van der Waals surface area contributed by atoms with Gasteiger partial charge < -0.3 is 5.32 Å². The number of halogens is 1. The average molecular weight is 282 g/mol. The minimum Gasteiger partial charge on any atom is -0.315 e. The maximum Gasteiger partial charge on any atom is 0.153 e. The number of sulfone groups is 1. The predicted molar refractivity (Wildman–Crippen MR) is 73.4 cm³/mol. The van der Waals surface area contributed by atoms with Crippen molar-refractivity contribution >= 4 is 21.4 Å². The van der Waals surface area contributed by atoms with E-state index in [1.165, 1.54) is 25.7 Å². The van der Waals surface area contributed by atoms with Crippen molar-refractivity contribution in [2.45, 2.75) is 44.8 Å². The Morgan fingerprint density at radius 3 is 2.35 bits per heavy atom. The van der Waals surface area contributed by atoms with Gasteiger partial charge in [0.15, 0.2) is 9.84 Å². The summed E-state index contributed by atoms with van der Waals surface area (Å²) in [6.07, 6.45) is 4.83. The maximum atomic E-state index is 11.6. The summed E-state index contributed by atoms with van der Waals surface area (Å²) in [4.78, 5) is 0. The molecule has 0 amide bonds. The van der Waals surface area contributed by atoms with Crippen molar-refractivity contribution in [1.82, 2.24) is 5.32 Å². The van der Waals surface area contributed by atoms with Crippen molar-refractivity contribution in [3.63, 3.8) is 0 Å². The van der Waals surface area contributed by atoms with Crippen LogP contribution in [0.25, 0.3) is 0 Å². The molecular weight excluding hydrogens is 258 g/mol. The zero-order valence-electron chi connectivity index (χ0n) is 10.8. The molecule has 0 aromatic heterocycles. The fourth-order valence-corrected chi connectivity index (χ4v) is 3.55. The third kappa shape index (κ3) is 4.42. The second kappa shape index (κ2) is 6.39. The second-order valence-electron chi connectivity index (χ2n) is 5.43. The van der Waals surface area contributed by atoms with E-state index < -0.39 is 9.84 Å². The van der Waals surface area contributed by atoms with Gasteiger partial charge in [0.1, 0.15) is 0 Å². The zero-order valence-corrected chi connectivity index (χ0v) is 12.4. The first kappa shape index (κ1) is 15.3. The van der Waals surface area contributed by atoms with Crippen molar-refractivity contribution in [1.29, 1.82) is 0 Å². The third-order valence-corrected chi connectivity index (χ3v) is 6.51. The van der Waals surface area contributed by atoms with Crippen LogP contribution in [0.15, 0.2) is 0 Å². The highest BCUT2D eigenvalue weighted by molar-refractivity contribution is 7.92. The van der Waals surface area contributed by atoms with E-state index >= 15 is 0 Å². The van der Waals surface area contributed by atoms with Gasteiger partial charge >= 0.3 is 0 Å². The van der Waals surface area contributed by atoms with Crippen LogP contribution >= 0.6 is 11.6 Å². The molecule has 5 heteroatoms. The van der Waals surface area contributed by atoms with Gasteiger partial charge in [0.05, 0.1) is 11.0 Å². The molecule has 3 nitrogen and oxygen atoms in total. The first-order valence-corrected chi connectivity index (χ1v) is 8.65. The highest BCUT2D eigenvalue weighted by Crippen LogP contribution is 2.38. The molecule has 17 heavy (non-hydrogen) atoms. The van der Waals surface area contributed by atoms with Gasteiger partial charge in [-0.1, -0.05) is 12.8 Å². The number of rotatable bonds is 7. The molecule has 1 rings (SSSR count). The quantitative estimate of drug-likeness (QED) is 0.575. The lowest BCUT2D eigenvalue weighted by Crippen LogP contribution is -2.36. The van der Waals surface area contributed by atoms with Crippen LogP contribution in [0.1, 0.15) is 39.5 Å². The molecule has 102 valence electrons. The molecule has 0 aromatic rings. The molecule has 0 aliphatic heterocycles. The lowest BCUT2D eigenvalue weighted by Gasteiger charge is -2.26. The van der Waals surface area contributed by atoms with Crippen LogP contribution in [0.2, 0.25) is 0 Å². The van der Waals surface area contributed by atoms with E-state index in [-0.39, 0.29) is 16.4 Å². The van der Waals surface area contributed by atoms with Crippen molar-refractivity contribution in [3.8, 4) is 0 Å². The summed E-state index contributed by atoms with van der Waals surface area (Å²) in [5.74, 6) is 0.903. The molecular formula is C12H24ClNO2S. The fourth-order valence-electron chi connectivity index (χ4n) is 2.29. The van der Waals surface area contributed by atoms with Gasteiger partial charge in [-0.2, -0.15) is 0 Å². The smallest absolute Gasteiger partial charge is 0.153 e. The molecule has 0 aromatic carbocycles. The van der Waals surface area contributed by atoms with E-state index in [1.807, 2.05) is 0 Å². The molecule has 0 atom stereocenters. The van der Waals surface area contributed by atoms with Gasteiger partial charge in [-0.15, -0.1) is 11.6 Å². The van der Waals surface area contributed by atoms with E-state index in [0.29, 0.717) is 12.4 Å². The van der Waals surface area contributed by atoms with E-state index in [9.17, 15) is 8.42 Å². The van der Waals surface area contributed by atoms with Crippen molar-refractivity contribution in [2.75, 3.05) is 24.7 Å². The molecule has 1 aliphatic rings. The maximum absolute atomic E-state index is 11.6. The third-order valence-electron chi connectivity index (χ3n) is 3.73. The largest absolute Gasteiger partial charge is 0.315 e. The Morgan fingerprint density at radius 2 is 1.88 bits per heavy atom. The van der Waals surface area contributed by atoms with Gasteiger partial charge in [0.25, 0.3) is 0 Å². The Hall–Kier alpha value is 0.200. The molecule has 0 saturated heterocycles. The minimum absolute atomic E-state index is 0.211. The Labute approximate surface area is 110 Å². The van der Waals surface area contributed by atoms with Gasteiger partial charge in [-0.25, -0.2) is 8.42 Å². The van der Waals surface area contributed by atoms with Crippen molar-refractivity contribution in [3.05, 3.63) is 0 Å². The topological polar surface area (TPSA) is 46.2 Å². The summed E-state index contributed by atoms with van der Waals surface area (Å²) < 4.78 is 23.2. The van der Waals surface area contributed by atoms with Crippen LogP contribution in [-0.2, 0) is 9.84 Å². The number of nitrogens with one attached hydrogen (secondary N) is 1. The molecule has 0 radical (unpaired) electrons. The number of alkyl halides is 1. The van der Waals surface area contributed by atoms with Crippen LogP contribution in [0.4, 0.5) is 0 Å². The summed E-state index contributed by atoms with van der Waals surface area (Å²) in [6.45, 7) is 4.85. The Morgan fingerprint density at radius 1 is 1.29 bits per heavy atom. The van der Waals surface area contributed by atoms with Gasteiger partial charge in [0, 0.05) is 19.0 Å². The number of hydrogen-bond donors (Lipinski definition) is 1. The Bertz CT molecular complexity index is 321. The lowest BCUT2D eigenvalue weighted by atomic mass is 9.88. The first-order valence-electron chi connectivity index (χ1n) is 6.40. The molecule has 0 bridgehead atoms. The second-order valence-corrected chi connectivity index (χ2v) is 8.38. The van der Waals surface area contributed by atoms with Crippen LogP contribution in [0.3, 0.4) is 0 Å². The predicted octanol–water partition coefficient (Wildman–Crippen LogP) is 2.20. The summed E-state index contributed by atoms with van der Waals surface area (Å²) in [6, 6.07) is 0. The van der Waals surface area contributed by atoms with Crippen molar-refractivity contribution in [2.24, 2.45) is 5.41 Å². The summed E-state index contributed by atoms with van der Waals surface area (Å²) in [5.41, 5.74) is 0.211. The standard InChI is InChI=1S/C12H24ClNO2S/c1-11(2)17(15,16)8-7-14-10-12(9-13)5-3-4-6-12/h11,14H,3-10H2,1-2H3. The monoisotopic (exact) mass is 281 g/mol. The normalized spacial score (nSPS) is 20.0. The van der Waals surface area contributed by atoms with Crippen LogP contribution in [-0.4, -0.2) is 38.4 Å². The first-order chi connectivity index (χ1) is 7.92. The van der Waals surface area contributed by atoms with Crippen LogP contribution in [0.5, 0.6) is 0 Å². The number of hydrogen-bond acceptors (Lipinski definition) is 3. The SMILES string of the molecule is CC(C)S(=O)(=O)CCNCC1(CCl)CCCC1. The lowest BCUT2D eigenvalue weighted by molar-refractivity contribution is 0.324. The summed E-state index contributed by atoms with van der Waals surface area (Å²) in [5, 5.41) is 2.99. The summed E-state index contributed by atoms with van der Waals surface area (Å²) in [7, 11) is -2.92. The van der Waals surface area contributed by atoms with Gasteiger partial charge in [0.2, 0.25) is 0 Å². The van der Waals surface area contributed by atoms with Crippen LogP contribution < -0.4 is 5.32 Å². The molecule has 0 spiro atoms. The highest BCUT2D eigenvalue weighted by atomic mass is 35.5. The fraction of sp³-hybridized carbons (Fsp3) is 1.00. The van der Waals surface area contributed by atoms with E-state index in [1.54, 1.807) is 13.8 Å². The van der Waals surface area contributed by atoms with Crippen LogP contribution in [0, 0.1) is 5.41 Å². The van der Waals surface area contributed by atoms with Gasteiger partial charge in [-0.3, -0.25) is 0 Å². The van der Waals surface area contributed by atoms with E-state index in [4.69, 9.17) is 11.6 Å². The van der Waals surface area contributed by atoms with Crippen molar-refractivity contribution < 1.29 is 8.42 Å². The van der Waals surface area contributed by atoms with Gasteiger partial charge in [-0.05, 0) is 32.1 Å². The molecule has 1 N–H and O–H groups in total. The highest BCUT2D eigenvalue weighted by Gasteiger charge is 2.32. The molecule has 0 unspecified atom stereocenters. The Balaban J connectivity index is 2.28.